The number of piperidine rings is 1. The van der Waals surface area contributed by atoms with Crippen LogP contribution in [0.4, 0.5) is 0 Å². The van der Waals surface area contributed by atoms with Crippen LogP contribution < -0.4 is 0 Å². The largest absolute Gasteiger partial charge is 0.341 e. The number of nitrogens with zero attached hydrogens (tertiary/aromatic N) is 6. The summed E-state index contributed by atoms with van der Waals surface area (Å²) in [5.41, 5.74) is 1.93. The number of hydrogen-bond donors (Lipinski definition) is 0. The molecule has 1 atom stereocenters. The Balaban J connectivity index is 1.24. The van der Waals surface area contributed by atoms with E-state index < -0.39 is 0 Å². The zero-order valence-electron chi connectivity index (χ0n) is 16.2. The molecular weight excluding hydrogens is 416 g/mol. The van der Waals surface area contributed by atoms with E-state index in [1.54, 1.807) is 16.0 Å². The number of benzene rings is 2. The number of rotatable bonds is 5. The fourth-order valence-electron chi connectivity index (χ4n) is 3.69. The topological polar surface area (TPSA) is 76.8 Å². The van der Waals surface area contributed by atoms with Gasteiger partial charge in [0.05, 0.1) is 26.7 Å². The van der Waals surface area contributed by atoms with Crippen LogP contribution in [0.2, 0.25) is 0 Å². The van der Waals surface area contributed by atoms with Gasteiger partial charge < -0.3 is 4.90 Å². The van der Waals surface area contributed by atoms with Crippen LogP contribution in [0.3, 0.4) is 0 Å². The normalized spacial score (nSPS) is 16.8. The molecule has 3 heterocycles. The maximum absolute atomic E-state index is 12.9. The van der Waals surface area contributed by atoms with E-state index in [2.05, 4.69) is 27.7 Å². The van der Waals surface area contributed by atoms with Crippen LogP contribution in [0.15, 0.2) is 59.8 Å². The number of carbonyl (C=O) groups is 1. The molecule has 1 aliphatic heterocycles. The van der Waals surface area contributed by atoms with Crippen LogP contribution >= 0.6 is 23.1 Å². The third-order valence-corrected chi connectivity index (χ3v) is 7.30. The molecule has 0 saturated carbocycles. The minimum atomic E-state index is 0.119. The summed E-state index contributed by atoms with van der Waals surface area (Å²) in [5, 5.41) is 13.7. The third kappa shape index (κ3) is 3.95. The molecule has 1 amide bonds. The quantitative estimate of drug-likeness (QED) is 0.443. The van der Waals surface area contributed by atoms with Gasteiger partial charge >= 0.3 is 0 Å². The summed E-state index contributed by atoms with van der Waals surface area (Å²) in [5.74, 6) is 0.743. The predicted molar refractivity (Wildman–Crippen MR) is 118 cm³/mol. The van der Waals surface area contributed by atoms with Crippen molar-refractivity contribution in [1.82, 2.24) is 30.1 Å². The Bertz CT molecular complexity index is 1130. The second-order valence-electron chi connectivity index (χ2n) is 7.20. The van der Waals surface area contributed by atoms with Gasteiger partial charge in [-0.1, -0.05) is 42.1 Å². The van der Waals surface area contributed by atoms with Gasteiger partial charge in [0.1, 0.15) is 0 Å². The highest BCUT2D eigenvalue weighted by atomic mass is 32.2. The van der Waals surface area contributed by atoms with Crippen molar-refractivity contribution in [3.8, 4) is 5.69 Å². The zero-order chi connectivity index (χ0) is 20.3. The Morgan fingerprint density at radius 3 is 2.83 bits per heavy atom. The van der Waals surface area contributed by atoms with Crippen LogP contribution in [-0.4, -0.2) is 54.8 Å². The fourth-order valence-corrected chi connectivity index (χ4v) is 5.57. The van der Waals surface area contributed by atoms with Crippen LogP contribution in [-0.2, 0) is 4.79 Å². The molecular formula is C21H20N6OS2. The standard InChI is InChI=1S/C21H20N6OS2/c28-19(14-29-21-23-24-25-27(21)16-8-2-1-3-9-16)26-12-6-7-15(13-26)20-22-17-10-4-5-11-18(17)30-20/h1-5,8-11,15H,6-7,12-14H2. The van der Waals surface area contributed by atoms with Crippen LogP contribution in [0.5, 0.6) is 0 Å². The van der Waals surface area contributed by atoms with Crippen molar-refractivity contribution in [3.63, 3.8) is 0 Å². The van der Waals surface area contributed by atoms with Crippen molar-refractivity contribution < 1.29 is 4.79 Å². The molecule has 0 aliphatic carbocycles. The molecule has 2 aromatic carbocycles. The molecule has 9 heteroatoms. The summed E-state index contributed by atoms with van der Waals surface area (Å²) in [4.78, 5) is 19.7. The first-order valence-corrected chi connectivity index (χ1v) is 11.7. The molecule has 4 aromatic rings. The van der Waals surface area contributed by atoms with E-state index in [0.29, 0.717) is 16.8 Å². The number of aromatic nitrogens is 5. The molecule has 152 valence electrons. The summed E-state index contributed by atoms with van der Waals surface area (Å²) in [7, 11) is 0. The van der Waals surface area contributed by atoms with Crippen molar-refractivity contribution in [1.29, 1.82) is 0 Å². The minimum absolute atomic E-state index is 0.119. The Kier molecular flexibility index (Phi) is 5.46. The van der Waals surface area contributed by atoms with Crippen molar-refractivity contribution >= 4 is 39.2 Å². The van der Waals surface area contributed by atoms with Gasteiger partial charge in [-0.05, 0) is 47.5 Å². The number of carbonyl (C=O) groups excluding carboxylic acids is 1. The van der Waals surface area contributed by atoms with Gasteiger partial charge in [0.25, 0.3) is 0 Å². The van der Waals surface area contributed by atoms with E-state index in [9.17, 15) is 4.79 Å². The van der Waals surface area contributed by atoms with E-state index >= 15 is 0 Å². The SMILES string of the molecule is O=C(CSc1nnnn1-c1ccccc1)N1CCCC(c2nc3ccccc3s2)C1. The van der Waals surface area contributed by atoms with E-state index in [1.165, 1.54) is 16.5 Å². The lowest BCUT2D eigenvalue weighted by atomic mass is 9.99. The van der Waals surface area contributed by atoms with E-state index in [4.69, 9.17) is 4.98 Å². The molecule has 30 heavy (non-hydrogen) atoms. The first-order valence-electron chi connectivity index (χ1n) is 9.88. The second-order valence-corrected chi connectivity index (χ2v) is 9.20. The molecule has 1 aliphatic rings. The van der Waals surface area contributed by atoms with Gasteiger partial charge in [0.2, 0.25) is 11.1 Å². The maximum Gasteiger partial charge on any atom is 0.233 e. The van der Waals surface area contributed by atoms with Crippen molar-refractivity contribution in [2.24, 2.45) is 0 Å². The fraction of sp³-hybridized carbons (Fsp3) is 0.286. The van der Waals surface area contributed by atoms with Gasteiger partial charge in [-0.25, -0.2) is 4.98 Å². The minimum Gasteiger partial charge on any atom is -0.341 e. The smallest absolute Gasteiger partial charge is 0.233 e. The zero-order valence-corrected chi connectivity index (χ0v) is 17.9. The van der Waals surface area contributed by atoms with E-state index in [0.717, 1.165) is 42.1 Å². The number of hydrogen-bond acceptors (Lipinski definition) is 7. The molecule has 2 aromatic heterocycles. The third-order valence-electron chi connectivity index (χ3n) is 5.20. The molecule has 5 rings (SSSR count). The van der Waals surface area contributed by atoms with Crippen molar-refractivity contribution in [2.75, 3.05) is 18.8 Å². The summed E-state index contributed by atoms with van der Waals surface area (Å²) >= 11 is 3.12. The molecule has 1 unspecified atom stereocenters. The van der Waals surface area contributed by atoms with Crippen molar-refractivity contribution in [2.45, 2.75) is 23.9 Å². The van der Waals surface area contributed by atoms with Gasteiger partial charge in [-0.15, -0.1) is 16.4 Å². The summed E-state index contributed by atoms with van der Waals surface area (Å²) < 4.78 is 2.87. The predicted octanol–water partition coefficient (Wildman–Crippen LogP) is 3.77. The van der Waals surface area contributed by atoms with Gasteiger partial charge in [-0.2, -0.15) is 4.68 Å². The van der Waals surface area contributed by atoms with E-state index in [1.807, 2.05) is 47.4 Å². The number of thioether (sulfide) groups is 1. The Hall–Kier alpha value is -2.78. The van der Waals surface area contributed by atoms with Crippen LogP contribution in [0, 0.1) is 0 Å². The number of likely N-dealkylation sites (tertiary alicyclic amines) is 1. The summed E-state index contributed by atoms with van der Waals surface area (Å²) in [6.07, 6.45) is 2.07. The monoisotopic (exact) mass is 436 g/mol. The lowest BCUT2D eigenvalue weighted by molar-refractivity contribution is -0.129. The first-order chi connectivity index (χ1) is 14.8. The average molecular weight is 437 g/mol. The summed E-state index contributed by atoms with van der Waals surface area (Å²) in [6, 6.07) is 17.9. The molecule has 0 spiro atoms. The highest BCUT2D eigenvalue weighted by molar-refractivity contribution is 7.99. The van der Waals surface area contributed by atoms with Crippen molar-refractivity contribution in [3.05, 3.63) is 59.6 Å². The van der Waals surface area contributed by atoms with Gasteiger partial charge in [0, 0.05) is 19.0 Å². The first kappa shape index (κ1) is 19.2. The number of thiazole rings is 1. The Morgan fingerprint density at radius 1 is 1.13 bits per heavy atom. The molecule has 0 bridgehead atoms. The molecule has 1 saturated heterocycles. The highest BCUT2D eigenvalue weighted by Gasteiger charge is 2.27. The van der Waals surface area contributed by atoms with E-state index in [-0.39, 0.29) is 5.91 Å². The lowest BCUT2D eigenvalue weighted by Crippen LogP contribution is -2.40. The maximum atomic E-state index is 12.9. The second kappa shape index (κ2) is 8.53. The van der Waals surface area contributed by atoms with Crippen LogP contribution in [0.1, 0.15) is 23.8 Å². The number of para-hydroxylation sites is 2. The highest BCUT2D eigenvalue weighted by Crippen LogP contribution is 2.33. The Morgan fingerprint density at radius 2 is 1.97 bits per heavy atom. The number of tetrazole rings is 1. The van der Waals surface area contributed by atoms with Gasteiger partial charge in [-0.3, -0.25) is 4.79 Å². The Labute approximate surface area is 182 Å². The molecule has 0 N–H and O–H groups in total. The number of fused-ring (bicyclic) bond motifs is 1. The molecule has 7 nitrogen and oxygen atoms in total. The molecule has 0 radical (unpaired) electrons. The average Bonchev–Trinajstić information content (AvgIpc) is 3.45. The van der Waals surface area contributed by atoms with Crippen LogP contribution in [0.25, 0.3) is 15.9 Å². The number of amides is 1. The lowest BCUT2D eigenvalue weighted by Gasteiger charge is -2.31. The molecule has 1 fully saturated rings. The van der Waals surface area contributed by atoms with Gasteiger partial charge in [0.15, 0.2) is 0 Å². The summed E-state index contributed by atoms with van der Waals surface area (Å²) in [6.45, 7) is 1.52.